The molecule has 0 aliphatic heterocycles. The van der Waals surface area contributed by atoms with Gasteiger partial charge in [-0.05, 0) is 39.0 Å². The van der Waals surface area contributed by atoms with E-state index in [1.54, 1.807) is 6.20 Å². The molecule has 1 aromatic rings. The van der Waals surface area contributed by atoms with E-state index in [1.165, 1.54) is 0 Å². The lowest BCUT2D eigenvalue weighted by atomic mass is 9.85. The average molecular weight is 346 g/mol. The zero-order valence-corrected chi connectivity index (χ0v) is 13.9. The molecule has 0 aromatic carbocycles. The summed E-state index contributed by atoms with van der Waals surface area (Å²) >= 11 is 0. The fourth-order valence-electron chi connectivity index (χ4n) is 3.10. The molecule has 1 saturated carbocycles. The van der Waals surface area contributed by atoms with E-state index in [0.29, 0.717) is 19.4 Å². The molecular weight excluding hydrogens is 321 g/mol. The summed E-state index contributed by atoms with van der Waals surface area (Å²) in [6.07, 6.45) is 2.46. The number of carbonyl (C=O) groups excluding carboxylic acids is 1. The first-order valence-electron chi connectivity index (χ1n) is 8.45. The molecule has 1 heterocycles. The van der Waals surface area contributed by atoms with Crippen LogP contribution in [-0.2, 0) is 6.54 Å². The minimum Gasteiger partial charge on any atom is -0.338 e. The number of halogens is 3. The summed E-state index contributed by atoms with van der Waals surface area (Å²) in [5.41, 5.74) is 0. The number of urea groups is 1. The zero-order valence-electron chi connectivity index (χ0n) is 13.9. The van der Waals surface area contributed by atoms with E-state index in [9.17, 15) is 18.0 Å². The molecular formula is C16H25F3N4O. The summed E-state index contributed by atoms with van der Waals surface area (Å²) in [6, 6.07) is -0.763. The van der Waals surface area contributed by atoms with E-state index < -0.39 is 12.1 Å². The molecule has 8 heteroatoms. The maximum absolute atomic E-state index is 12.7. The molecule has 0 unspecified atom stereocenters. The van der Waals surface area contributed by atoms with E-state index >= 15 is 0 Å². The third-order valence-corrected chi connectivity index (χ3v) is 4.51. The van der Waals surface area contributed by atoms with Crippen LogP contribution < -0.4 is 10.6 Å². The number of hydrogen-bond donors (Lipinski definition) is 2. The molecule has 1 aromatic heterocycles. The van der Waals surface area contributed by atoms with Gasteiger partial charge in [-0.15, -0.1) is 0 Å². The van der Waals surface area contributed by atoms with Gasteiger partial charge < -0.3 is 15.2 Å². The Balaban J connectivity index is 1.60. The second-order valence-corrected chi connectivity index (χ2v) is 6.38. The Hall–Kier alpha value is -1.73. The Labute approximate surface area is 140 Å². The largest absolute Gasteiger partial charge is 0.391 e. The summed E-state index contributed by atoms with van der Waals surface area (Å²) in [5, 5.41) is 5.39. The van der Waals surface area contributed by atoms with Gasteiger partial charge in [0.1, 0.15) is 5.82 Å². The van der Waals surface area contributed by atoms with Gasteiger partial charge in [-0.2, -0.15) is 13.2 Å². The Bertz CT molecular complexity index is 530. The van der Waals surface area contributed by atoms with Crippen molar-refractivity contribution in [2.45, 2.75) is 64.2 Å². The van der Waals surface area contributed by atoms with Gasteiger partial charge in [0.15, 0.2) is 0 Å². The first-order chi connectivity index (χ1) is 11.4. The molecule has 0 saturated heterocycles. The number of hydrogen-bond acceptors (Lipinski definition) is 2. The predicted molar refractivity (Wildman–Crippen MR) is 84.5 cm³/mol. The highest BCUT2D eigenvalue weighted by Crippen LogP contribution is 2.37. The number of imidazole rings is 1. The van der Waals surface area contributed by atoms with Crippen molar-refractivity contribution < 1.29 is 18.0 Å². The fourth-order valence-corrected chi connectivity index (χ4v) is 3.10. The van der Waals surface area contributed by atoms with Crippen LogP contribution in [0.1, 0.15) is 44.3 Å². The molecule has 0 spiro atoms. The van der Waals surface area contributed by atoms with Crippen molar-refractivity contribution in [3.8, 4) is 0 Å². The van der Waals surface area contributed by atoms with Crippen molar-refractivity contribution in [1.82, 2.24) is 20.2 Å². The van der Waals surface area contributed by atoms with Crippen molar-refractivity contribution >= 4 is 6.03 Å². The van der Waals surface area contributed by atoms with Crippen molar-refractivity contribution in [2.75, 3.05) is 6.54 Å². The number of alkyl halides is 3. The van der Waals surface area contributed by atoms with E-state index in [1.807, 2.05) is 17.7 Å². The number of carbonyl (C=O) groups is 1. The van der Waals surface area contributed by atoms with Crippen molar-refractivity contribution in [1.29, 1.82) is 0 Å². The number of unbranched alkanes of at least 4 members (excludes halogenated alkanes) is 1. The lowest BCUT2D eigenvalue weighted by Crippen LogP contribution is -2.46. The number of amides is 2. The van der Waals surface area contributed by atoms with E-state index in [-0.39, 0.29) is 24.9 Å². The molecule has 5 nitrogen and oxygen atoms in total. The first kappa shape index (κ1) is 18.6. The van der Waals surface area contributed by atoms with Crippen molar-refractivity contribution in [2.24, 2.45) is 5.92 Å². The standard InChI is InChI=1S/C16H25F3N4O/c1-12-20-8-10-23(12)9-3-2-7-21-15(24)22-14-6-4-5-13(11-14)16(17,18)19/h8,10,13-14H,2-7,9,11H2,1H3,(H2,21,22,24)/t13-,14+/m1/s1. The summed E-state index contributed by atoms with van der Waals surface area (Å²) in [5.74, 6) is -0.341. The van der Waals surface area contributed by atoms with Gasteiger partial charge in [0.2, 0.25) is 0 Å². The molecule has 0 bridgehead atoms. The van der Waals surface area contributed by atoms with Crippen LogP contribution in [0.15, 0.2) is 12.4 Å². The number of aromatic nitrogens is 2. The molecule has 2 N–H and O–H groups in total. The molecule has 136 valence electrons. The van der Waals surface area contributed by atoms with Gasteiger partial charge in [0.05, 0.1) is 5.92 Å². The van der Waals surface area contributed by atoms with E-state index in [2.05, 4.69) is 15.6 Å². The van der Waals surface area contributed by atoms with Gasteiger partial charge in [-0.3, -0.25) is 0 Å². The van der Waals surface area contributed by atoms with Gasteiger partial charge in [-0.25, -0.2) is 9.78 Å². The van der Waals surface area contributed by atoms with Crippen LogP contribution >= 0.6 is 0 Å². The second-order valence-electron chi connectivity index (χ2n) is 6.38. The maximum atomic E-state index is 12.7. The van der Waals surface area contributed by atoms with Crippen LogP contribution in [0, 0.1) is 12.8 Å². The molecule has 1 fully saturated rings. The highest BCUT2D eigenvalue weighted by Gasteiger charge is 2.42. The first-order valence-corrected chi connectivity index (χ1v) is 8.45. The van der Waals surface area contributed by atoms with E-state index in [4.69, 9.17) is 0 Å². The summed E-state index contributed by atoms with van der Waals surface area (Å²) in [7, 11) is 0. The fraction of sp³-hybridized carbons (Fsp3) is 0.750. The monoisotopic (exact) mass is 346 g/mol. The molecule has 1 aliphatic rings. The Morgan fingerprint density at radius 1 is 1.38 bits per heavy atom. The third-order valence-electron chi connectivity index (χ3n) is 4.51. The number of nitrogens with one attached hydrogen (secondary N) is 2. The molecule has 24 heavy (non-hydrogen) atoms. The van der Waals surface area contributed by atoms with Gasteiger partial charge in [0.25, 0.3) is 0 Å². The SMILES string of the molecule is Cc1nccn1CCCCNC(=O)N[C@H]1CCC[C@@H](C(F)(F)F)C1. The second kappa shape index (κ2) is 8.39. The topological polar surface area (TPSA) is 59.0 Å². The van der Waals surface area contributed by atoms with Crippen molar-refractivity contribution in [3.05, 3.63) is 18.2 Å². The third kappa shape index (κ3) is 5.72. The highest BCUT2D eigenvalue weighted by molar-refractivity contribution is 5.74. The lowest BCUT2D eigenvalue weighted by Gasteiger charge is -2.31. The average Bonchev–Trinajstić information content (AvgIpc) is 2.92. The summed E-state index contributed by atoms with van der Waals surface area (Å²) in [6.45, 7) is 3.28. The van der Waals surface area contributed by atoms with Gasteiger partial charge in [0, 0.05) is 31.5 Å². The van der Waals surface area contributed by atoms with Crippen LogP contribution in [0.4, 0.5) is 18.0 Å². The number of aryl methyl sites for hydroxylation is 2. The molecule has 1 aliphatic carbocycles. The molecule has 0 radical (unpaired) electrons. The van der Waals surface area contributed by atoms with E-state index in [0.717, 1.165) is 25.2 Å². The molecule has 2 rings (SSSR count). The van der Waals surface area contributed by atoms with Gasteiger partial charge >= 0.3 is 12.2 Å². The van der Waals surface area contributed by atoms with Crippen LogP contribution in [0.2, 0.25) is 0 Å². The Kier molecular flexibility index (Phi) is 6.51. The van der Waals surface area contributed by atoms with Crippen LogP contribution in [0.3, 0.4) is 0 Å². The summed E-state index contributed by atoms with van der Waals surface area (Å²) in [4.78, 5) is 15.9. The van der Waals surface area contributed by atoms with Crippen LogP contribution in [-0.4, -0.2) is 34.3 Å². The number of nitrogens with zero attached hydrogens (tertiary/aromatic N) is 2. The Morgan fingerprint density at radius 2 is 2.17 bits per heavy atom. The zero-order chi connectivity index (χ0) is 17.6. The van der Waals surface area contributed by atoms with Crippen LogP contribution in [0.5, 0.6) is 0 Å². The van der Waals surface area contributed by atoms with Crippen molar-refractivity contribution in [3.63, 3.8) is 0 Å². The molecule has 2 atom stereocenters. The maximum Gasteiger partial charge on any atom is 0.391 e. The summed E-state index contributed by atoms with van der Waals surface area (Å²) < 4.78 is 40.3. The lowest BCUT2D eigenvalue weighted by molar-refractivity contribution is -0.183. The minimum absolute atomic E-state index is 0.0170. The number of rotatable bonds is 6. The quantitative estimate of drug-likeness (QED) is 0.776. The predicted octanol–water partition coefficient (Wildman–Crippen LogP) is 3.39. The normalized spacial score (nSPS) is 21.5. The Morgan fingerprint density at radius 3 is 2.83 bits per heavy atom. The van der Waals surface area contributed by atoms with Crippen LogP contribution in [0.25, 0.3) is 0 Å². The van der Waals surface area contributed by atoms with Gasteiger partial charge in [-0.1, -0.05) is 6.42 Å². The molecule has 2 amide bonds. The highest BCUT2D eigenvalue weighted by atomic mass is 19.4. The smallest absolute Gasteiger partial charge is 0.338 e. The minimum atomic E-state index is -4.16.